The van der Waals surface area contributed by atoms with Crippen LogP contribution in [0.1, 0.15) is 30.1 Å². The molecule has 0 saturated carbocycles. The molecule has 7 nitrogen and oxygen atoms in total. The summed E-state index contributed by atoms with van der Waals surface area (Å²) < 4.78 is 26.5. The number of aromatic nitrogens is 2. The summed E-state index contributed by atoms with van der Waals surface area (Å²) in [5, 5.41) is 5.07. The molecule has 29 heavy (non-hydrogen) atoms. The maximum absolute atomic E-state index is 12.6. The number of benzene rings is 1. The SMILES string of the molecule is CCCCN(C)S(=O)(=O)c1ccc(C(=O)Nc2nc(-c3ccncc3)cs2)cc1. The summed E-state index contributed by atoms with van der Waals surface area (Å²) in [7, 11) is -1.99. The van der Waals surface area contributed by atoms with Gasteiger partial charge < -0.3 is 0 Å². The van der Waals surface area contributed by atoms with Crippen molar-refractivity contribution in [1.82, 2.24) is 14.3 Å². The van der Waals surface area contributed by atoms with E-state index < -0.39 is 10.0 Å². The first-order valence-corrected chi connectivity index (χ1v) is 11.5. The molecular weight excluding hydrogens is 408 g/mol. The second-order valence-corrected chi connectivity index (χ2v) is 9.34. The Balaban J connectivity index is 1.69. The molecule has 2 aromatic heterocycles. The number of nitrogens with zero attached hydrogens (tertiary/aromatic N) is 3. The third-order valence-corrected chi connectivity index (χ3v) is 6.98. The normalized spacial score (nSPS) is 11.6. The number of carbonyl (C=O) groups excluding carboxylic acids is 1. The number of hydrogen-bond donors (Lipinski definition) is 1. The Bertz CT molecular complexity index is 1060. The fraction of sp³-hybridized carbons (Fsp3) is 0.250. The van der Waals surface area contributed by atoms with E-state index >= 15 is 0 Å². The summed E-state index contributed by atoms with van der Waals surface area (Å²) in [5.41, 5.74) is 2.03. The average Bonchev–Trinajstić information content (AvgIpc) is 3.21. The highest BCUT2D eigenvalue weighted by atomic mass is 32.2. The van der Waals surface area contributed by atoms with Gasteiger partial charge in [-0.05, 0) is 42.8 Å². The lowest BCUT2D eigenvalue weighted by Crippen LogP contribution is -2.28. The standard InChI is InChI=1S/C20H22N4O3S2/c1-3-4-13-24(2)29(26,27)17-7-5-16(6-8-17)19(25)23-20-22-18(14-28-20)15-9-11-21-12-10-15/h5-12,14H,3-4,13H2,1-2H3,(H,22,23,25). The van der Waals surface area contributed by atoms with Crippen molar-refractivity contribution < 1.29 is 13.2 Å². The molecule has 152 valence electrons. The van der Waals surface area contributed by atoms with Gasteiger partial charge in [0.25, 0.3) is 5.91 Å². The molecule has 3 rings (SSSR count). The third-order valence-electron chi connectivity index (χ3n) is 4.35. The van der Waals surface area contributed by atoms with Crippen LogP contribution in [0, 0.1) is 0 Å². The molecule has 0 unspecified atom stereocenters. The number of unbranched alkanes of at least 4 members (excludes halogenated alkanes) is 1. The largest absolute Gasteiger partial charge is 0.298 e. The zero-order valence-corrected chi connectivity index (χ0v) is 17.8. The first kappa shape index (κ1) is 21.1. The second-order valence-electron chi connectivity index (χ2n) is 6.43. The predicted molar refractivity (Wildman–Crippen MR) is 114 cm³/mol. The van der Waals surface area contributed by atoms with E-state index in [9.17, 15) is 13.2 Å². The van der Waals surface area contributed by atoms with Crippen LogP contribution in [0.4, 0.5) is 5.13 Å². The van der Waals surface area contributed by atoms with Crippen molar-refractivity contribution in [2.75, 3.05) is 18.9 Å². The van der Waals surface area contributed by atoms with E-state index in [2.05, 4.69) is 15.3 Å². The first-order valence-electron chi connectivity index (χ1n) is 9.15. The number of amides is 1. The van der Waals surface area contributed by atoms with Crippen LogP contribution in [0.3, 0.4) is 0 Å². The third kappa shape index (κ3) is 5.06. The molecule has 1 aromatic carbocycles. The molecule has 0 bridgehead atoms. The van der Waals surface area contributed by atoms with Crippen molar-refractivity contribution >= 4 is 32.4 Å². The highest BCUT2D eigenvalue weighted by Gasteiger charge is 2.20. The van der Waals surface area contributed by atoms with Gasteiger partial charge in [-0.1, -0.05) is 13.3 Å². The van der Waals surface area contributed by atoms with E-state index in [4.69, 9.17) is 0 Å². The van der Waals surface area contributed by atoms with Crippen LogP contribution in [-0.2, 0) is 10.0 Å². The molecule has 0 atom stereocenters. The molecule has 0 radical (unpaired) electrons. The summed E-state index contributed by atoms with van der Waals surface area (Å²) in [4.78, 5) is 21.0. The van der Waals surface area contributed by atoms with Crippen LogP contribution >= 0.6 is 11.3 Å². The zero-order chi connectivity index (χ0) is 20.9. The van der Waals surface area contributed by atoms with Crippen molar-refractivity contribution in [3.8, 4) is 11.3 Å². The minimum absolute atomic E-state index is 0.168. The van der Waals surface area contributed by atoms with Crippen molar-refractivity contribution in [3.63, 3.8) is 0 Å². The quantitative estimate of drug-likeness (QED) is 0.585. The molecule has 1 N–H and O–H groups in total. The zero-order valence-electron chi connectivity index (χ0n) is 16.2. The van der Waals surface area contributed by atoms with Crippen LogP contribution in [0.2, 0.25) is 0 Å². The van der Waals surface area contributed by atoms with Gasteiger partial charge in [-0.2, -0.15) is 0 Å². The average molecular weight is 431 g/mol. The van der Waals surface area contributed by atoms with Crippen LogP contribution in [0.5, 0.6) is 0 Å². The highest BCUT2D eigenvalue weighted by molar-refractivity contribution is 7.89. The Morgan fingerprint density at radius 2 is 1.83 bits per heavy atom. The molecule has 0 fully saturated rings. The van der Waals surface area contributed by atoms with Gasteiger partial charge in [0.05, 0.1) is 10.6 Å². The Labute approximate surface area is 174 Å². The smallest absolute Gasteiger partial charge is 0.257 e. The van der Waals surface area contributed by atoms with Crippen LogP contribution in [0.15, 0.2) is 59.1 Å². The maximum atomic E-state index is 12.6. The monoisotopic (exact) mass is 430 g/mol. The summed E-state index contributed by atoms with van der Waals surface area (Å²) in [6, 6.07) is 9.61. The van der Waals surface area contributed by atoms with Crippen LogP contribution in [-0.4, -0.2) is 42.2 Å². The van der Waals surface area contributed by atoms with Gasteiger partial charge in [0, 0.05) is 42.5 Å². The molecule has 0 aliphatic carbocycles. The minimum atomic E-state index is -3.55. The van der Waals surface area contributed by atoms with Crippen LogP contribution < -0.4 is 5.32 Å². The molecule has 3 aromatic rings. The molecule has 1 amide bonds. The number of anilines is 1. The number of nitrogens with one attached hydrogen (secondary N) is 1. The van der Waals surface area contributed by atoms with Crippen molar-refractivity contribution in [2.24, 2.45) is 0 Å². The van der Waals surface area contributed by atoms with Crippen LogP contribution in [0.25, 0.3) is 11.3 Å². The predicted octanol–water partition coefficient (Wildman–Crippen LogP) is 3.88. The summed E-state index contributed by atoms with van der Waals surface area (Å²) >= 11 is 1.32. The molecule has 0 saturated heterocycles. The van der Waals surface area contributed by atoms with E-state index in [0.717, 1.165) is 24.1 Å². The fourth-order valence-corrected chi connectivity index (χ4v) is 4.54. The molecule has 2 heterocycles. The molecule has 0 spiro atoms. The topological polar surface area (TPSA) is 92.3 Å². The van der Waals surface area contributed by atoms with Crippen molar-refractivity contribution in [1.29, 1.82) is 0 Å². The molecule has 0 aliphatic heterocycles. The Hall–Kier alpha value is -2.62. The van der Waals surface area contributed by atoms with Gasteiger partial charge in [-0.3, -0.25) is 15.1 Å². The van der Waals surface area contributed by atoms with Gasteiger partial charge in [-0.15, -0.1) is 11.3 Å². The Morgan fingerprint density at radius 1 is 1.14 bits per heavy atom. The van der Waals surface area contributed by atoms with Gasteiger partial charge in [0.2, 0.25) is 10.0 Å². The lowest BCUT2D eigenvalue weighted by Gasteiger charge is -2.16. The number of pyridine rings is 1. The fourth-order valence-electron chi connectivity index (χ4n) is 2.61. The number of hydrogen-bond acceptors (Lipinski definition) is 6. The highest BCUT2D eigenvalue weighted by Crippen LogP contribution is 2.25. The summed E-state index contributed by atoms with van der Waals surface area (Å²) in [6.07, 6.45) is 5.08. The Morgan fingerprint density at radius 3 is 2.48 bits per heavy atom. The number of sulfonamides is 1. The first-order chi connectivity index (χ1) is 13.9. The Kier molecular flexibility index (Phi) is 6.73. The lowest BCUT2D eigenvalue weighted by atomic mass is 10.2. The molecular formula is C20H22N4O3S2. The minimum Gasteiger partial charge on any atom is -0.298 e. The number of carbonyl (C=O) groups is 1. The van der Waals surface area contributed by atoms with E-state index in [-0.39, 0.29) is 10.8 Å². The molecule has 9 heteroatoms. The summed E-state index contributed by atoms with van der Waals surface area (Å²) in [6.45, 7) is 2.47. The number of thiazole rings is 1. The number of rotatable bonds is 8. The van der Waals surface area contributed by atoms with Gasteiger partial charge >= 0.3 is 0 Å². The summed E-state index contributed by atoms with van der Waals surface area (Å²) in [5.74, 6) is -0.344. The van der Waals surface area contributed by atoms with Crippen molar-refractivity contribution in [3.05, 3.63) is 59.7 Å². The van der Waals surface area contributed by atoms with Gasteiger partial charge in [0.1, 0.15) is 0 Å². The van der Waals surface area contributed by atoms with E-state index in [1.54, 1.807) is 19.4 Å². The van der Waals surface area contributed by atoms with E-state index in [1.807, 2.05) is 24.4 Å². The maximum Gasteiger partial charge on any atom is 0.257 e. The van der Waals surface area contributed by atoms with Gasteiger partial charge in [0.15, 0.2) is 5.13 Å². The van der Waals surface area contributed by atoms with Gasteiger partial charge in [-0.25, -0.2) is 17.7 Å². The lowest BCUT2D eigenvalue weighted by molar-refractivity contribution is 0.102. The second kappa shape index (κ2) is 9.25. The van der Waals surface area contributed by atoms with E-state index in [0.29, 0.717) is 17.2 Å². The molecule has 0 aliphatic rings. The van der Waals surface area contributed by atoms with E-state index in [1.165, 1.54) is 39.9 Å². The van der Waals surface area contributed by atoms with Crippen molar-refractivity contribution in [2.45, 2.75) is 24.7 Å².